The SMILES string of the molecule is CCN(CC)S(=O)(=O)c1cc(C(=O)OCC(=O)N2CC[C@H](C)Sc3ccccc32)ccc1F. The fourth-order valence-corrected chi connectivity index (χ4v) is 6.23. The molecule has 0 fully saturated rings. The first-order chi connectivity index (χ1) is 15.7. The van der Waals surface area contributed by atoms with E-state index in [0.29, 0.717) is 11.8 Å². The molecule has 2 aromatic rings. The Kier molecular flexibility index (Phi) is 8.14. The number of nitrogens with zero attached hydrogens (tertiary/aromatic N) is 2. The number of hydrogen-bond donors (Lipinski definition) is 0. The Morgan fingerprint density at radius 3 is 2.58 bits per heavy atom. The van der Waals surface area contributed by atoms with Crippen LogP contribution in [0.4, 0.5) is 10.1 Å². The van der Waals surface area contributed by atoms with Gasteiger partial charge in [0.15, 0.2) is 6.61 Å². The lowest BCUT2D eigenvalue weighted by Crippen LogP contribution is -2.35. The molecule has 1 amide bonds. The van der Waals surface area contributed by atoms with Gasteiger partial charge in [-0.1, -0.05) is 32.9 Å². The van der Waals surface area contributed by atoms with Crippen LogP contribution in [0.1, 0.15) is 37.6 Å². The number of esters is 1. The summed E-state index contributed by atoms with van der Waals surface area (Å²) in [7, 11) is -4.11. The molecule has 0 aliphatic carbocycles. The molecular formula is C23H27FN2O5S2. The Balaban J connectivity index is 1.76. The predicted molar refractivity (Wildman–Crippen MR) is 126 cm³/mol. The Morgan fingerprint density at radius 2 is 1.88 bits per heavy atom. The summed E-state index contributed by atoms with van der Waals surface area (Å²) in [6.45, 7) is 5.68. The van der Waals surface area contributed by atoms with Crippen molar-refractivity contribution in [2.24, 2.45) is 0 Å². The van der Waals surface area contributed by atoms with E-state index in [0.717, 1.165) is 39.5 Å². The number of thioether (sulfide) groups is 1. The molecule has 3 rings (SSSR count). The van der Waals surface area contributed by atoms with E-state index in [4.69, 9.17) is 4.74 Å². The minimum atomic E-state index is -4.11. The summed E-state index contributed by atoms with van der Waals surface area (Å²) < 4.78 is 46.0. The molecule has 0 spiro atoms. The summed E-state index contributed by atoms with van der Waals surface area (Å²) >= 11 is 1.69. The van der Waals surface area contributed by atoms with Gasteiger partial charge in [0.05, 0.1) is 11.3 Å². The summed E-state index contributed by atoms with van der Waals surface area (Å²) in [6, 6.07) is 10.6. The number of carbonyl (C=O) groups excluding carboxylic acids is 2. The minimum Gasteiger partial charge on any atom is -0.452 e. The van der Waals surface area contributed by atoms with Crippen molar-refractivity contribution in [3.63, 3.8) is 0 Å². The number of sulfonamides is 1. The summed E-state index contributed by atoms with van der Waals surface area (Å²) in [4.78, 5) is 27.4. The second kappa shape index (κ2) is 10.7. The van der Waals surface area contributed by atoms with Gasteiger partial charge in [-0.15, -0.1) is 11.8 Å². The van der Waals surface area contributed by atoms with E-state index in [9.17, 15) is 22.4 Å². The molecule has 0 aromatic heterocycles. The third-order valence-corrected chi connectivity index (χ3v) is 8.66. The first-order valence-electron chi connectivity index (χ1n) is 10.7. The first kappa shape index (κ1) is 25.2. The summed E-state index contributed by atoms with van der Waals surface area (Å²) in [5.74, 6) is -2.24. The highest BCUT2D eigenvalue weighted by Gasteiger charge is 2.28. The molecule has 1 heterocycles. The van der Waals surface area contributed by atoms with Crippen LogP contribution in [-0.4, -0.2) is 56.1 Å². The monoisotopic (exact) mass is 494 g/mol. The lowest BCUT2D eigenvalue weighted by molar-refractivity contribution is -0.121. The minimum absolute atomic E-state index is 0.143. The Bertz CT molecular complexity index is 1140. The van der Waals surface area contributed by atoms with Crippen LogP contribution in [0.2, 0.25) is 0 Å². The Hall–Kier alpha value is -2.43. The average Bonchev–Trinajstić information content (AvgIpc) is 2.96. The molecule has 1 aliphatic heterocycles. The van der Waals surface area contributed by atoms with Gasteiger partial charge in [0.25, 0.3) is 5.91 Å². The zero-order valence-corrected chi connectivity index (χ0v) is 20.4. The van der Waals surface area contributed by atoms with E-state index in [1.165, 1.54) is 0 Å². The largest absolute Gasteiger partial charge is 0.452 e. The fourth-order valence-electron chi connectivity index (χ4n) is 3.57. The smallest absolute Gasteiger partial charge is 0.338 e. The molecule has 0 unspecified atom stereocenters. The number of ether oxygens (including phenoxy) is 1. The van der Waals surface area contributed by atoms with Crippen molar-refractivity contribution in [1.29, 1.82) is 0 Å². The van der Waals surface area contributed by atoms with Gasteiger partial charge in [0.2, 0.25) is 10.0 Å². The van der Waals surface area contributed by atoms with Crippen LogP contribution in [-0.2, 0) is 19.6 Å². The number of hydrogen-bond acceptors (Lipinski definition) is 6. The van der Waals surface area contributed by atoms with Crippen LogP contribution in [0.3, 0.4) is 0 Å². The summed E-state index contributed by atoms with van der Waals surface area (Å²) in [6.07, 6.45) is 0.781. The van der Waals surface area contributed by atoms with Gasteiger partial charge in [0, 0.05) is 29.8 Å². The van der Waals surface area contributed by atoms with Crippen molar-refractivity contribution in [3.8, 4) is 0 Å². The van der Waals surface area contributed by atoms with E-state index in [1.54, 1.807) is 30.5 Å². The standard InChI is InChI=1S/C23H27FN2O5S2/c1-4-25(5-2)33(29,30)21-14-17(10-11-18(21)24)23(28)31-15-22(27)26-13-12-16(3)32-20-9-7-6-8-19(20)26/h6-11,14,16H,4-5,12-13,15H2,1-3H3/t16-/m0/s1. The molecule has 33 heavy (non-hydrogen) atoms. The normalized spacial score (nSPS) is 16.3. The molecule has 1 atom stereocenters. The van der Waals surface area contributed by atoms with Crippen molar-refractivity contribution in [2.75, 3.05) is 31.1 Å². The zero-order chi connectivity index (χ0) is 24.2. The number of carbonyl (C=O) groups is 2. The van der Waals surface area contributed by atoms with Gasteiger partial charge in [-0.25, -0.2) is 17.6 Å². The lowest BCUT2D eigenvalue weighted by Gasteiger charge is -2.22. The topological polar surface area (TPSA) is 84.0 Å². The van der Waals surface area contributed by atoms with Crippen molar-refractivity contribution in [2.45, 2.75) is 42.2 Å². The zero-order valence-electron chi connectivity index (χ0n) is 18.8. The quantitative estimate of drug-likeness (QED) is 0.543. The van der Waals surface area contributed by atoms with Crippen molar-refractivity contribution >= 4 is 39.3 Å². The van der Waals surface area contributed by atoms with E-state index in [-0.39, 0.29) is 24.6 Å². The molecule has 178 valence electrons. The van der Waals surface area contributed by atoms with Crippen LogP contribution < -0.4 is 4.90 Å². The Labute approximate surface area is 198 Å². The van der Waals surface area contributed by atoms with Crippen LogP contribution in [0.25, 0.3) is 0 Å². The third-order valence-electron chi connectivity index (χ3n) is 5.36. The van der Waals surface area contributed by atoms with E-state index < -0.39 is 33.3 Å². The second-order valence-electron chi connectivity index (χ2n) is 7.54. The number of halogens is 1. The average molecular weight is 495 g/mol. The molecular weight excluding hydrogens is 467 g/mol. The number of rotatable bonds is 7. The molecule has 10 heteroatoms. The molecule has 1 aliphatic rings. The van der Waals surface area contributed by atoms with Crippen LogP contribution in [0.15, 0.2) is 52.3 Å². The van der Waals surface area contributed by atoms with Crippen molar-refractivity contribution in [3.05, 3.63) is 53.8 Å². The molecule has 2 aromatic carbocycles. The van der Waals surface area contributed by atoms with Gasteiger partial charge in [-0.2, -0.15) is 4.31 Å². The summed E-state index contributed by atoms with van der Waals surface area (Å²) in [5.41, 5.74) is 0.623. The summed E-state index contributed by atoms with van der Waals surface area (Å²) in [5, 5.41) is 0.330. The molecule has 0 bridgehead atoms. The molecule has 0 saturated heterocycles. The maximum Gasteiger partial charge on any atom is 0.338 e. The maximum atomic E-state index is 14.3. The van der Waals surface area contributed by atoms with Gasteiger partial charge in [0.1, 0.15) is 10.7 Å². The number of amides is 1. The van der Waals surface area contributed by atoms with Crippen molar-refractivity contribution in [1.82, 2.24) is 4.31 Å². The lowest BCUT2D eigenvalue weighted by atomic mass is 10.2. The highest BCUT2D eigenvalue weighted by Crippen LogP contribution is 2.37. The van der Waals surface area contributed by atoms with E-state index in [2.05, 4.69) is 6.92 Å². The number of anilines is 1. The van der Waals surface area contributed by atoms with Gasteiger partial charge in [-0.05, 0) is 36.8 Å². The molecule has 0 radical (unpaired) electrons. The van der Waals surface area contributed by atoms with Gasteiger partial charge < -0.3 is 9.64 Å². The number of benzene rings is 2. The van der Waals surface area contributed by atoms with E-state index in [1.807, 2.05) is 24.3 Å². The first-order valence-corrected chi connectivity index (χ1v) is 13.0. The molecule has 0 saturated carbocycles. The number of fused-ring (bicyclic) bond motifs is 1. The highest BCUT2D eigenvalue weighted by molar-refractivity contribution is 8.00. The molecule has 0 N–H and O–H groups in total. The van der Waals surface area contributed by atoms with Crippen LogP contribution in [0, 0.1) is 5.82 Å². The second-order valence-corrected chi connectivity index (χ2v) is 10.9. The van der Waals surface area contributed by atoms with E-state index >= 15 is 0 Å². The van der Waals surface area contributed by atoms with Crippen LogP contribution in [0.5, 0.6) is 0 Å². The van der Waals surface area contributed by atoms with Gasteiger partial charge in [-0.3, -0.25) is 4.79 Å². The van der Waals surface area contributed by atoms with Crippen molar-refractivity contribution < 1.29 is 27.1 Å². The van der Waals surface area contributed by atoms with Gasteiger partial charge >= 0.3 is 5.97 Å². The van der Waals surface area contributed by atoms with Crippen LogP contribution >= 0.6 is 11.8 Å². The third kappa shape index (κ3) is 5.56. The number of para-hydroxylation sites is 1. The Morgan fingerprint density at radius 1 is 1.18 bits per heavy atom. The fraction of sp³-hybridized carbons (Fsp3) is 0.391. The maximum absolute atomic E-state index is 14.3. The molecule has 7 nitrogen and oxygen atoms in total. The highest BCUT2D eigenvalue weighted by atomic mass is 32.2. The predicted octanol–water partition coefficient (Wildman–Crippen LogP) is 3.93.